The Kier molecular flexibility index (Phi) is 3.88. The predicted octanol–water partition coefficient (Wildman–Crippen LogP) is 2.67. The van der Waals surface area contributed by atoms with Crippen molar-refractivity contribution in [1.82, 2.24) is 15.6 Å². The molecule has 1 atom stereocenters. The Balaban J connectivity index is 1.47. The molecule has 1 aromatic rings. The molecule has 2 amide bonds. The van der Waals surface area contributed by atoms with Crippen molar-refractivity contribution in [3.8, 4) is 5.88 Å². The minimum atomic E-state index is -2.91. The first kappa shape index (κ1) is 15.0. The van der Waals surface area contributed by atoms with Crippen LogP contribution in [0.2, 0.25) is 0 Å². The summed E-state index contributed by atoms with van der Waals surface area (Å²) in [5.74, 6) is 0.446. The van der Waals surface area contributed by atoms with Crippen LogP contribution in [0.3, 0.4) is 0 Å². The van der Waals surface area contributed by atoms with E-state index in [2.05, 4.69) is 27.3 Å². The summed E-state index contributed by atoms with van der Waals surface area (Å²) in [6.45, 7) is -0.415. The second-order valence-electron chi connectivity index (χ2n) is 6.50. The Hall–Kier alpha value is -1.92. The number of amides is 2. The Morgan fingerprint density at radius 1 is 1.50 bits per heavy atom. The van der Waals surface area contributed by atoms with E-state index in [1.807, 2.05) is 0 Å². The number of carbonyl (C=O) groups is 1. The van der Waals surface area contributed by atoms with Gasteiger partial charge in [0.05, 0.1) is 0 Å². The third-order valence-corrected chi connectivity index (χ3v) is 4.57. The highest BCUT2D eigenvalue weighted by atomic mass is 19.3. The normalized spacial score (nSPS) is 29.1. The second kappa shape index (κ2) is 5.70. The van der Waals surface area contributed by atoms with Gasteiger partial charge >= 0.3 is 12.6 Å². The number of urea groups is 1. The summed E-state index contributed by atoms with van der Waals surface area (Å²) in [5.41, 5.74) is 1.07. The molecule has 3 aliphatic rings. The number of halogens is 2. The number of nitrogens with one attached hydrogen (secondary N) is 2. The fourth-order valence-electron chi connectivity index (χ4n) is 3.64. The maximum atomic E-state index is 12.1. The lowest BCUT2D eigenvalue weighted by atomic mass is 9.71. The van der Waals surface area contributed by atoms with Gasteiger partial charge in [-0.1, -0.05) is 6.92 Å². The molecule has 22 heavy (non-hydrogen) atoms. The van der Waals surface area contributed by atoms with Crippen molar-refractivity contribution in [3.05, 3.63) is 23.9 Å². The molecule has 0 aliphatic heterocycles. The molecule has 2 bridgehead atoms. The number of pyridine rings is 1. The molecule has 1 heterocycles. The van der Waals surface area contributed by atoms with Crippen LogP contribution in [0.4, 0.5) is 13.6 Å². The van der Waals surface area contributed by atoms with E-state index in [9.17, 15) is 13.6 Å². The maximum absolute atomic E-state index is 12.1. The molecule has 0 aromatic carbocycles. The highest BCUT2D eigenvalue weighted by molar-refractivity contribution is 5.74. The molecule has 4 rings (SSSR count). The molecule has 0 spiro atoms. The van der Waals surface area contributed by atoms with Gasteiger partial charge in [0.25, 0.3) is 0 Å². The van der Waals surface area contributed by atoms with Gasteiger partial charge in [-0.05, 0) is 42.2 Å². The first-order valence-corrected chi connectivity index (χ1v) is 7.38. The van der Waals surface area contributed by atoms with Crippen LogP contribution in [-0.2, 0) is 6.54 Å². The van der Waals surface area contributed by atoms with Crippen LogP contribution in [0.15, 0.2) is 18.3 Å². The van der Waals surface area contributed by atoms with Crippen molar-refractivity contribution < 1.29 is 18.3 Å². The smallest absolute Gasteiger partial charge is 0.388 e. The van der Waals surface area contributed by atoms with Crippen molar-refractivity contribution in [2.75, 3.05) is 0 Å². The quantitative estimate of drug-likeness (QED) is 0.879. The molecule has 1 aromatic heterocycles. The number of aromatic nitrogens is 1. The first-order chi connectivity index (χ1) is 10.4. The summed E-state index contributed by atoms with van der Waals surface area (Å²) in [6.07, 6.45) is 4.79. The minimum Gasteiger partial charge on any atom is -0.417 e. The van der Waals surface area contributed by atoms with Crippen molar-refractivity contribution in [2.24, 2.45) is 11.3 Å². The molecule has 0 saturated heterocycles. The maximum Gasteiger partial charge on any atom is 0.388 e. The van der Waals surface area contributed by atoms with Gasteiger partial charge in [-0.2, -0.15) is 8.78 Å². The summed E-state index contributed by atoms with van der Waals surface area (Å²) in [7, 11) is 0. The molecule has 2 N–H and O–H groups in total. The largest absolute Gasteiger partial charge is 0.417 e. The number of ether oxygens (including phenoxy) is 1. The predicted molar refractivity (Wildman–Crippen MR) is 75.5 cm³/mol. The lowest BCUT2D eigenvalue weighted by Gasteiger charge is -2.34. The number of fused-ring (bicyclic) bond motifs is 1. The van der Waals surface area contributed by atoms with Gasteiger partial charge in [-0.25, -0.2) is 9.78 Å². The van der Waals surface area contributed by atoms with E-state index in [0.29, 0.717) is 16.9 Å². The van der Waals surface area contributed by atoms with Crippen LogP contribution < -0.4 is 15.4 Å². The second-order valence-corrected chi connectivity index (χ2v) is 6.50. The van der Waals surface area contributed by atoms with Gasteiger partial charge in [-0.15, -0.1) is 0 Å². The monoisotopic (exact) mass is 311 g/mol. The number of nitrogens with zero attached hydrogens (tertiary/aromatic N) is 1. The topological polar surface area (TPSA) is 63.2 Å². The molecule has 0 radical (unpaired) electrons. The van der Waals surface area contributed by atoms with Crippen molar-refractivity contribution in [3.63, 3.8) is 0 Å². The van der Waals surface area contributed by atoms with Gasteiger partial charge in [0.15, 0.2) is 0 Å². The SMILES string of the molecule is CC12CC(C1)C(NC(=O)NCc1ccnc(OC(F)F)c1)C2. The van der Waals surface area contributed by atoms with Gasteiger partial charge in [0.2, 0.25) is 5.88 Å². The van der Waals surface area contributed by atoms with E-state index in [1.54, 1.807) is 6.07 Å². The number of carbonyl (C=O) groups excluding carboxylic acids is 1. The summed E-state index contributed by atoms with van der Waals surface area (Å²) in [4.78, 5) is 15.6. The molecule has 7 heteroatoms. The average molecular weight is 311 g/mol. The molecule has 3 saturated carbocycles. The standard InChI is InChI=1S/C15H19F2N3O2/c1-15-5-10(6-15)11(7-15)20-14(21)19-8-9-2-3-18-12(4-9)22-13(16)17/h2-4,10-11,13H,5-8H2,1H3,(H2,19,20,21). The van der Waals surface area contributed by atoms with Crippen LogP contribution in [0.1, 0.15) is 31.7 Å². The summed E-state index contributed by atoms with van der Waals surface area (Å²) in [6, 6.07) is 3.06. The Morgan fingerprint density at radius 3 is 2.91 bits per heavy atom. The third-order valence-electron chi connectivity index (χ3n) is 4.57. The van der Waals surface area contributed by atoms with E-state index in [4.69, 9.17) is 0 Å². The zero-order valence-electron chi connectivity index (χ0n) is 12.3. The van der Waals surface area contributed by atoms with Crippen LogP contribution >= 0.6 is 0 Å². The zero-order valence-corrected chi connectivity index (χ0v) is 12.3. The molecule has 1 unspecified atom stereocenters. The Labute approximate surface area is 127 Å². The summed E-state index contributed by atoms with van der Waals surface area (Å²) >= 11 is 0. The molecule has 3 fully saturated rings. The number of alkyl halides is 2. The number of hydrogen-bond donors (Lipinski definition) is 2. The van der Waals surface area contributed by atoms with Gasteiger partial charge in [0.1, 0.15) is 0 Å². The zero-order chi connectivity index (χ0) is 15.7. The van der Waals surface area contributed by atoms with Crippen molar-refractivity contribution in [1.29, 1.82) is 0 Å². The van der Waals surface area contributed by atoms with E-state index in [-0.39, 0.29) is 24.5 Å². The van der Waals surface area contributed by atoms with Gasteiger partial charge < -0.3 is 15.4 Å². The molecular formula is C15H19F2N3O2. The van der Waals surface area contributed by atoms with Gasteiger partial charge in [-0.3, -0.25) is 0 Å². The van der Waals surface area contributed by atoms with E-state index >= 15 is 0 Å². The number of rotatable bonds is 5. The van der Waals surface area contributed by atoms with Crippen LogP contribution in [0.5, 0.6) is 5.88 Å². The van der Waals surface area contributed by atoms with E-state index < -0.39 is 6.61 Å². The summed E-state index contributed by atoms with van der Waals surface area (Å²) in [5, 5.41) is 5.73. The average Bonchev–Trinajstić information content (AvgIpc) is 2.88. The molecule has 3 aliphatic carbocycles. The fourth-order valence-corrected chi connectivity index (χ4v) is 3.64. The highest BCUT2D eigenvalue weighted by Crippen LogP contribution is 2.58. The molecule has 120 valence electrons. The fraction of sp³-hybridized carbons (Fsp3) is 0.600. The molecule has 5 nitrogen and oxygen atoms in total. The van der Waals surface area contributed by atoms with Crippen LogP contribution in [0, 0.1) is 11.3 Å². The highest BCUT2D eigenvalue weighted by Gasteiger charge is 2.53. The lowest BCUT2D eigenvalue weighted by Crippen LogP contribution is -2.42. The first-order valence-electron chi connectivity index (χ1n) is 7.38. The molecular weight excluding hydrogens is 292 g/mol. The lowest BCUT2D eigenvalue weighted by molar-refractivity contribution is -0.0529. The third kappa shape index (κ3) is 3.28. The van der Waals surface area contributed by atoms with E-state index in [1.165, 1.54) is 25.1 Å². The number of hydrogen-bond acceptors (Lipinski definition) is 3. The van der Waals surface area contributed by atoms with Crippen LogP contribution in [-0.4, -0.2) is 23.7 Å². The Bertz CT molecular complexity index is 561. The Morgan fingerprint density at radius 2 is 2.27 bits per heavy atom. The van der Waals surface area contributed by atoms with E-state index in [0.717, 1.165) is 6.42 Å². The van der Waals surface area contributed by atoms with Crippen molar-refractivity contribution >= 4 is 6.03 Å². The van der Waals surface area contributed by atoms with Crippen LogP contribution in [0.25, 0.3) is 0 Å². The van der Waals surface area contributed by atoms with Crippen molar-refractivity contribution in [2.45, 2.75) is 45.4 Å². The summed E-state index contributed by atoms with van der Waals surface area (Å²) < 4.78 is 28.5. The minimum absolute atomic E-state index is 0.153. The van der Waals surface area contributed by atoms with Gasteiger partial charge in [0, 0.05) is 24.8 Å².